The Balaban J connectivity index is 2.18. The summed E-state index contributed by atoms with van der Waals surface area (Å²) < 4.78 is 44.0. The van der Waals surface area contributed by atoms with Crippen molar-refractivity contribution < 1.29 is 27.4 Å². The van der Waals surface area contributed by atoms with Crippen LogP contribution in [0.4, 0.5) is 18.9 Å². The third-order valence-corrected chi connectivity index (χ3v) is 1.83. The van der Waals surface area contributed by atoms with E-state index in [0.29, 0.717) is 5.69 Å². The first-order valence-corrected chi connectivity index (χ1v) is 4.27. The number of hydrogen-bond donors (Lipinski definition) is 1. The topological polar surface area (TPSA) is 47.6 Å². The monoisotopic (exact) mass is 233 g/mol. The van der Waals surface area contributed by atoms with Gasteiger partial charge >= 0.3 is 6.36 Å². The number of fused-ring (bicyclic) bond motifs is 1. The molecule has 0 saturated carbocycles. The van der Waals surface area contributed by atoms with E-state index in [2.05, 4.69) is 10.1 Å². The predicted octanol–water partition coefficient (Wildman–Crippen LogP) is 1.88. The molecule has 0 spiro atoms. The molecule has 2 rings (SSSR count). The molecule has 0 radical (unpaired) electrons. The van der Waals surface area contributed by atoms with Crippen LogP contribution in [0.1, 0.15) is 0 Å². The zero-order valence-electron chi connectivity index (χ0n) is 7.75. The van der Waals surface area contributed by atoms with Gasteiger partial charge in [-0.1, -0.05) is 12.1 Å². The highest BCUT2D eigenvalue weighted by atomic mass is 19.4. The molecule has 1 aliphatic rings. The summed E-state index contributed by atoms with van der Waals surface area (Å²) in [5.74, 6) is -0.854. The molecule has 1 heterocycles. The molecule has 0 bridgehead atoms. The quantitative estimate of drug-likeness (QED) is 0.805. The van der Waals surface area contributed by atoms with E-state index in [1.165, 1.54) is 12.1 Å². The van der Waals surface area contributed by atoms with Crippen LogP contribution in [0.5, 0.6) is 5.75 Å². The van der Waals surface area contributed by atoms with Crippen molar-refractivity contribution in [3.63, 3.8) is 0 Å². The molecule has 1 atom stereocenters. The molecule has 1 aromatic carbocycles. The van der Waals surface area contributed by atoms with Crippen LogP contribution in [0, 0.1) is 0 Å². The lowest BCUT2D eigenvalue weighted by Crippen LogP contribution is -2.42. The molecule has 0 aliphatic carbocycles. The number of hydrogen-bond acceptors (Lipinski definition) is 3. The average Bonchev–Trinajstić information content (AvgIpc) is 2.17. The number of alkyl halides is 3. The molecule has 1 aliphatic heterocycles. The van der Waals surface area contributed by atoms with Crippen LogP contribution in [0.3, 0.4) is 0 Å². The average molecular weight is 233 g/mol. The molecule has 1 aromatic rings. The second kappa shape index (κ2) is 3.67. The smallest absolute Gasteiger partial charge is 0.453 e. The first kappa shape index (κ1) is 10.7. The van der Waals surface area contributed by atoms with Gasteiger partial charge in [0.15, 0.2) is 0 Å². The van der Waals surface area contributed by atoms with Gasteiger partial charge in [-0.25, -0.2) is 4.74 Å². The van der Waals surface area contributed by atoms with Crippen molar-refractivity contribution in [1.29, 1.82) is 0 Å². The molecular weight excluding hydrogens is 227 g/mol. The summed E-state index contributed by atoms with van der Waals surface area (Å²) in [4.78, 5) is 11.2. The van der Waals surface area contributed by atoms with Gasteiger partial charge in [-0.05, 0) is 12.1 Å². The molecule has 4 nitrogen and oxygen atoms in total. The number of carbonyl (C=O) groups excluding carboxylic acids is 1. The number of para-hydroxylation sites is 2. The molecule has 86 valence electrons. The predicted molar refractivity (Wildman–Crippen MR) is 46.6 cm³/mol. The maximum atomic E-state index is 11.9. The van der Waals surface area contributed by atoms with Crippen LogP contribution in [-0.4, -0.2) is 18.6 Å². The molecule has 7 heteroatoms. The Bertz CT molecular complexity index is 419. The van der Waals surface area contributed by atoms with E-state index >= 15 is 0 Å². The Labute approximate surface area is 88.0 Å². The van der Waals surface area contributed by atoms with Gasteiger partial charge in [-0.3, -0.25) is 4.79 Å². The second-order valence-electron chi connectivity index (χ2n) is 3.00. The Morgan fingerprint density at radius 3 is 2.69 bits per heavy atom. The zero-order chi connectivity index (χ0) is 11.8. The maximum absolute atomic E-state index is 11.9. The summed E-state index contributed by atoms with van der Waals surface area (Å²) in [6.45, 7) is 0. The van der Waals surface area contributed by atoms with Crippen molar-refractivity contribution in [1.82, 2.24) is 0 Å². The molecule has 0 fully saturated rings. The molecule has 0 aromatic heterocycles. The highest BCUT2D eigenvalue weighted by Crippen LogP contribution is 2.31. The fourth-order valence-corrected chi connectivity index (χ4v) is 1.23. The van der Waals surface area contributed by atoms with Gasteiger partial charge in [0.25, 0.3) is 12.2 Å². The minimum absolute atomic E-state index is 0.136. The van der Waals surface area contributed by atoms with Gasteiger partial charge in [0.1, 0.15) is 5.75 Å². The largest absolute Gasteiger partial charge is 0.526 e. The number of amides is 1. The number of rotatable bonds is 1. The van der Waals surface area contributed by atoms with Crippen LogP contribution in [-0.2, 0) is 9.53 Å². The van der Waals surface area contributed by atoms with Gasteiger partial charge in [0.2, 0.25) is 0 Å². The summed E-state index contributed by atoms with van der Waals surface area (Å²) in [7, 11) is 0. The third-order valence-electron chi connectivity index (χ3n) is 1.83. The van der Waals surface area contributed by atoms with Crippen molar-refractivity contribution in [2.45, 2.75) is 12.7 Å². The first-order chi connectivity index (χ1) is 7.46. The zero-order valence-corrected chi connectivity index (χ0v) is 7.75. The number of nitrogens with one attached hydrogen (secondary N) is 1. The van der Waals surface area contributed by atoms with Crippen molar-refractivity contribution in [3.05, 3.63) is 24.3 Å². The van der Waals surface area contributed by atoms with Gasteiger partial charge in [-0.15, -0.1) is 13.2 Å². The molecule has 1 amide bonds. The van der Waals surface area contributed by atoms with E-state index in [-0.39, 0.29) is 5.75 Å². The van der Waals surface area contributed by atoms with E-state index in [4.69, 9.17) is 4.74 Å². The highest BCUT2D eigenvalue weighted by molar-refractivity contribution is 5.96. The molecule has 1 unspecified atom stereocenters. The summed E-state index contributed by atoms with van der Waals surface area (Å²) in [6, 6.07) is 6.13. The van der Waals surface area contributed by atoms with E-state index in [0.717, 1.165) is 0 Å². The maximum Gasteiger partial charge on any atom is 0.526 e. The number of benzene rings is 1. The van der Waals surface area contributed by atoms with Gasteiger partial charge < -0.3 is 10.1 Å². The Kier molecular flexibility index (Phi) is 2.47. The van der Waals surface area contributed by atoms with E-state index in [9.17, 15) is 18.0 Å². The van der Waals surface area contributed by atoms with Crippen molar-refractivity contribution in [2.24, 2.45) is 0 Å². The lowest BCUT2D eigenvalue weighted by molar-refractivity contribution is -0.359. The summed E-state index contributed by atoms with van der Waals surface area (Å²) in [6.07, 6.45) is -6.93. The van der Waals surface area contributed by atoms with Crippen LogP contribution in [0.25, 0.3) is 0 Å². The Morgan fingerprint density at radius 2 is 2.00 bits per heavy atom. The SMILES string of the molecule is O=C1Nc2ccccc2OC1OC(F)(F)F. The summed E-state index contributed by atoms with van der Waals surface area (Å²) >= 11 is 0. The number of anilines is 1. The van der Waals surface area contributed by atoms with Gasteiger partial charge in [-0.2, -0.15) is 0 Å². The van der Waals surface area contributed by atoms with Crippen molar-refractivity contribution in [3.8, 4) is 5.75 Å². The van der Waals surface area contributed by atoms with Gasteiger partial charge in [0.05, 0.1) is 5.69 Å². The Hall–Kier alpha value is -1.76. The summed E-state index contributed by atoms with van der Waals surface area (Å²) in [5, 5.41) is 2.24. The van der Waals surface area contributed by atoms with E-state index in [1.807, 2.05) is 0 Å². The minimum atomic E-state index is -4.92. The minimum Gasteiger partial charge on any atom is -0.453 e. The molecule has 1 N–H and O–H groups in total. The lowest BCUT2D eigenvalue weighted by atomic mass is 10.2. The summed E-state index contributed by atoms with van der Waals surface area (Å²) in [5.41, 5.74) is 0.314. The molecular formula is C9H6F3NO3. The van der Waals surface area contributed by atoms with Crippen molar-refractivity contribution in [2.75, 3.05) is 5.32 Å². The number of ether oxygens (including phenoxy) is 2. The fraction of sp³-hybridized carbons (Fsp3) is 0.222. The highest BCUT2D eigenvalue weighted by Gasteiger charge is 2.40. The fourth-order valence-electron chi connectivity index (χ4n) is 1.23. The van der Waals surface area contributed by atoms with Crippen molar-refractivity contribution >= 4 is 11.6 Å². The molecule has 16 heavy (non-hydrogen) atoms. The Morgan fingerprint density at radius 1 is 1.31 bits per heavy atom. The molecule has 0 saturated heterocycles. The number of halogens is 3. The van der Waals surface area contributed by atoms with Gasteiger partial charge in [0, 0.05) is 0 Å². The lowest BCUT2D eigenvalue weighted by Gasteiger charge is -2.25. The van der Waals surface area contributed by atoms with Crippen LogP contribution in [0.15, 0.2) is 24.3 Å². The van der Waals surface area contributed by atoms with E-state index in [1.54, 1.807) is 12.1 Å². The second-order valence-corrected chi connectivity index (χ2v) is 3.00. The van der Waals surface area contributed by atoms with E-state index < -0.39 is 18.6 Å². The normalized spacial score (nSPS) is 19.7. The number of carbonyl (C=O) groups is 1. The van der Waals surface area contributed by atoms with Crippen LogP contribution < -0.4 is 10.1 Å². The van der Waals surface area contributed by atoms with Crippen LogP contribution in [0.2, 0.25) is 0 Å². The third kappa shape index (κ3) is 2.25. The van der Waals surface area contributed by atoms with Crippen LogP contribution >= 0.6 is 0 Å². The standard InChI is InChI=1S/C9H6F3NO3/c10-9(11,12)16-8-7(14)13-5-3-1-2-4-6(5)15-8/h1-4,8H,(H,13,14). The first-order valence-electron chi connectivity index (χ1n) is 4.27.